The monoisotopic (exact) mass is 257 g/mol. The van der Waals surface area contributed by atoms with E-state index in [4.69, 9.17) is 4.52 Å². The molecule has 0 bridgehead atoms. The van der Waals surface area contributed by atoms with Gasteiger partial charge in [-0.05, 0) is 18.7 Å². The first-order valence-corrected chi connectivity index (χ1v) is 7.26. The molecule has 98 valence electrons. The van der Waals surface area contributed by atoms with Gasteiger partial charge in [0.15, 0.2) is 5.82 Å². The van der Waals surface area contributed by atoms with Crippen LogP contribution in [0.3, 0.4) is 0 Å². The molecule has 1 rings (SSSR count). The maximum Gasteiger partial charge on any atom is 0.231 e. The van der Waals surface area contributed by atoms with Gasteiger partial charge in [-0.1, -0.05) is 32.9 Å². The van der Waals surface area contributed by atoms with Gasteiger partial charge in [0.05, 0.1) is 11.7 Å². The molecule has 2 unspecified atom stereocenters. The van der Waals surface area contributed by atoms with Crippen LogP contribution in [0.1, 0.15) is 52.3 Å². The summed E-state index contributed by atoms with van der Waals surface area (Å²) >= 11 is 1.83. The lowest BCUT2D eigenvalue weighted by Gasteiger charge is -2.16. The van der Waals surface area contributed by atoms with Crippen LogP contribution in [-0.4, -0.2) is 28.0 Å². The summed E-state index contributed by atoms with van der Waals surface area (Å²) in [5.74, 6) is 2.61. The number of hydrogen-bond acceptors (Lipinski definition) is 5. The molecule has 0 saturated heterocycles. The average molecular weight is 257 g/mol. The third-order valence-corrected chi connectivity index (χ3v) is 3.79. The van der Waals surface area contributed by atoms with Crippen molar-refractivity contribution < 1.29 is 4.52 Å². The number of aromatic nitrogens is 2. The van der Waals surface area contributed by atoms with Crippen molar-refractivity contribution in [3.63, 3.8) is 0 Å². The molecule has 0 aliphatic heterocycles. The van der Waals surface area contributed by atoms with Crippen molar-refractivity contribution in [2.45, 2.75) is 57.6 Å². The van der Waals surface area contributed by atoms with Crippen LogP contribution < -0.4 is 5.32 Å². The predicted molar refractivity (Wildman–Crippen MR) is 72.3 cm³/mol. The number of thioether (sulfide) groups is 1. The van der Waals surface area contributed by atoms with Gasteiger partial charge in [-0.15, -0.1) is 0 Å². The molecule has 0 aromatic carbocycles. The molecule has 0 spiro atoms. The highest BCUT2D eigenvalue weighted by Crippen LogP contribution is 2.20. The zero-order valence-corrected chi connectivity index (χ0v) is 12.2. The van der Waals surface area contributed by atoms with E-state index in [0.29, 0.717) is 11.3 Å². The zero-order valence-electron chi connectivity index (χ0n) is 11.4. The quantitative estimate of drug-likeness (QED) is 0.814. The van der Waals surface area contributed by atoms with Crippen molar-refractivity contribution in [1.29, 1.82) is 0 Å². The maximum atomic E-state index is 5.31. The maximum absolute atomic E-state index is 5.31. The van der Waals surface area contributed by atoms with Crippen LogP contribution >= 0.6 is 11.8 Å². The molecule has 17 heavy (non-hydrogen) atoms. The highest BCUT2D eigenvalue weighted by Gasteiger charge is 2.19. The Hall–Kier alpha value is -0.550. The van der Waals surface area contributed by atoms with Crippen LogP contribution in [0.5, 0.6) is 0 Å². The van der Waals surface area contributed by atoms with Crippen LogP contribution in [-0.2, 0) is 5.75 Å². The second-order valence-corrected chi connectivity index (χ2v) is 6.11. The molecule has 0 fully saturated rings. The molecule has 1 aromatic rings. The summed E-state index contributed by atoms with van der Waals surface area (Å²) in [6.07, 6.45) is 0. The lowest BCUT2D eigenvalue weighted by atomic mass is 10.0. The van der Waals surface area contributed by atoms with Crippen LogP contribution in [0.4, 0.5) is 0 Å². The first-order chi connectivity index (χ1) is 8.04. The Bertz CT molecular complexity index is 327. The molecule has 1 N–H and O–H groups in total. The van der Waals surface area contributed by atoms with Gasteiger partial charge in [0.2, 0.25) is 5.89 Å². The number of likely N-dealkylation sites (N-methyl/N-ethyl adjacent to an activating group) is 1. The highest BCUT2D eigenvalue weighted by molar-refractivity contribution is 7.99. The predicted octanol–water partition coefficient (Wildman–Crippen LogP) is 2.81. The summed E-state index contributed by atoms with van der Waals surface area (Å²) < 4.78 is 5.31. The van der Waals surface area contributed by atoms with E-state index in [9.17, 15) is 0 Å². The Morgan fingerprint density at radius 2 is 2.00 bits per heavy atom. The molecule has 4 nitrogen and oxygen atoms in total. The standard InChI is InChI=1S/C12H23N3OS/c1-6-13-10(5)9(4)12-14-11(15-16-12)7-17-8(2)3/h8-10,13H,6-7H2,1-5H3. The van der Waals surface area contributed by atoms with E-state index in [0.717, 1.165) is 24.0 Å². The van der Waals surface area contributed by atoms with Crippen molar-refractivity contribution in [3.8, 4) is 0 Å². The Kier molecular flexibility index (Phi) is 5.98. The normalized spacial score (nSPS) is 15.2. The van der Waals surface area contributed by atoms with E-state index in [1.165, 1.54) is 0 Å². The minimum Gasteiger partial charge on any atom is -0.339 e. The van der Waals surface area contributed by atoms with Crippen molar-refractivity contribution in [2.75, 3.05) is 6.54 Å². The van der Waals surface area contributed by atoms with Gasteiger partial charge in [-0.25, -0.2) is 0 Å². The van der Waals surface area contributed by atoms with E-state index in [1.807, 2.05) is 11.8 Å². The van der Waals surface area contributed by atoms with Crippen LogP contribution in [0.2, 0.25) is 0 Å². The van der Waals surface area contributed by atoms with Crippen molar-refractivity contribution in [1.82, 2.24) is 15.5 Å². The van der Waals surface area contributed by atoms with E-state index < -0.39 is 0 Å². The van der Waals surface area contributed by atoms with E-state index in [-0.39, 0.29) is 5.92 Å². The van der Waals surface area contributed by atoms with Crippen LogP contribution in [0.25, 0.3) is 0 Å². The van der Waals surface area contributed by atoms with Crippen molar-refractivity contribution in [3.05, 3.63) is 11.7 Å². The lowest BCUT2D eigenvalue weighted by molar-refractivity contribution is 0.330. The van der Waals surface area contributed by atoms with Gasteiger partial charge in [0.1, 0.15) is 0 Å². The fourth-order valence-corrected chi connectivity index (χ4v) is 2.06. The molecule has 2 atom stereocenters. The van der Waals surface area contributed by atoms with Gasteiger partial charge in [0, 0.05) is 6.04 Å². The third kappa shape index (κ3) is 4.68. The molecule has 0 aliphatic rings. The van der Waals surface area contributed by atoms with Crippen molar-refractivity contribution in [2.24, 2.45) is 0 Å². The summed E-state index contributed by atoms with van der Waals surface area (Å²) in [6.45, 7) is 11.6. The molecule has 0 amide bonds. The van der Waals surface area contributed by atoms with Gasteiger partial charge in [-0.3, -0.25) is 0 Å². The van der Waals surface area contributed by atoms with E-state index in [1.54, 1.807) is 0 Å². The van der Waals surface area contributed by atoms with E-state index in [2.05, 4.69) is 50.1 Å². The Morgan fingerprint density at radius 1 is 1.29 bits per heavy atom. The Morgan fingerprint density at radius 3 is 2.59 bits per heavy atom. The third-order valence-electron chi connectivity index (χ3n) is 2.70. The average Bonchev–Trinajstić information content (AvgIpc) is 2.74. The molecule has 1 aromatic heterocycles. The SMILES string of the molecule is CCNC(C)C(C)c1nc(CSC(C)C)no1. The highest BCUT2D eigenvalue weighted by atomic mass is 32.2. The zero-order chi connectivity index (χ0) is 12.8. The molecular weight excluding hydrogens is 234 g/mol. The number of nitrogens with one attached hydrogen (secondary N) is 1. The minimum absolute atomic E-state index is 0.250. The van der Waals surface area contributed by atoms with Gasteiger partial charge in [-0.2, -0.15) is 16.7 Å². The Labute approximate surface area is 108 Å². The summed E-state index contributed by atoms with van der Waals surface area (Å²) in [5, 5.41) is 7.98. The Balaban J connectivity index is 2.54. The molecule has 0 saturated carbocycles. The lowest BCUT2D eigenvalue weighted by Crippen LogP contribution is -2.30. The van der Waals surface area contributed by atoms with Gasteiger partial charge >= 0.3 is 0 Å². The summed E-state index contributed by atoms with van der Waals surface area (Å²) in [7, 11) is 0. The molecule has 0 radical (unpaired) electrons. The van der Waals surface area contributed by atoms with Crippen LogP contribution in [0.15, 0.2) is 4.52 Å². The molecule has 5 heteroatoms. The van der Waals surface area contributed by atoms with Gasteiger partial charge in [0.25, 0.3) is 0 Å². The fraction of sp³-hybridized carbons (Fsp3) is 0.833. The van der Waals surface area contributed by atoms with E-state index >= 15 is 0 Å². The van der Waals surface area contributed by atoms with Crippen molar-refractivity contribution >= 4 is 11.8 Å². The second-order valence-electron chi connectivity index (χ2n) is 4.54. The van der Waals surface area contributed by atoms with Gasteiger partial charge < -0.3 is 9.84 Å². The first kappa shape index (κ1) is 14.5. The molecule has 0 aliphatic carbocycles. The van der Waals surface area contributed by atoms with Crippen LogP contribution in [0, 0.1) is 0 Å². The largest absolute Gasteiger partial charge is 0.339 e. The molecular formula is C12H23N3OS. The summed E-state index contributed by atoms with van der Waals surface area (Å²) in [4.78, 5) is 4.45. The molecule has 1 heterocycles. The second kappa shape index (κ2) is 7.01. The minimum atomic E-state index is 0.250. The summed E-state index contributed by atoms with van der Waals surface area (Å²) in [5.41, 5.74) is 0. The smallest absolute Gasteiger partial charge is 0.231 e. The summed E-state index contributed by atoms with van der Waals surface area (Å²) in [6, 6.07) is 0.353. The number of rotatable bonds is 7. The fourth-order valence-electron chi connectivity index (χ4n) is 1.46. The number of hydrogen-bond donors (Lipinski definition) is 1. The number of nitrogens with zero attached hydrogens (tertiary/aromatic N) is 2. The first-order valence-electron chi connectivity index (χ1n) is 6.22. The topological polar surface area (TPSA) is 51.0 Å².